The van der Waals surface area contributed by atoms with E-state index in [-0.39, 0.29) is 11.6 Å². The van der Waals surface area contributed by atoms with Gasteiger partial charge in [-0.25, -0.2) is 8.78 Å². The van der Waals surface area contributed by atoms with Gasteiger partial charge in [-0.05, 0) is 36.2 Å². The van der Waals surface area contributed by atoms with Gasteiger partial charge >= 0.3 is 0 Å². The van der Waals surface area contributed by atoms with Crippen LogP contribution in [0.5, 0.6) is 5.75 Å². The highest BCUT2D eigenvalue weighted by Crippen LogP contribution is 2.17. The summed E-state index contributed by atoms with van der Waals surface area (Å²) in [6.07, 6.45) is 0. The molecule has 0 aliphatic carbocycles. The summed E-state index contributed by atoms with van der Waals surface area (Å²) in [5.74, 6) is -0.103. The van der Waals surface area contributed by atoms with E-state index in [9.17, 15) is 8.78 Å². The standard InChI is InChI=1S/C14H12F2O/c1-10-2-7-13(8-14(10)16)17-9-11-3-5-12(15)6-4-11/h2-8H,9H2,1H3. The van der Waals surface area contributed by atoms with E-state index in [4.69, 9.17) is 4.74 Å². The Labute approximate surface area is 98.7 Å². The maximum atomic E-state index is 13.2. The molecule has 0 atom stereocenters. The molecule has 17 heavy (non-hydrogen) atoms. The van der Waals surface area contributed by atoms with Gasteiger partial charge in [0.2, 0.25) is 0 Å². The number of hydrogen-bond acceptors (Lipinski definition) is 1. The third-order valence-corrected chi connectivity index (χ3v) is 2.46. The predicted molar refractivity (Wildman–Crippen MR) is 61.9 cm³/mol. The van der Waals surface area contributed by atoms with Crippen LogP contribution in [0.15, 0.2) is 42.5 Å². The van der Waals surface area contributed by atoms with Crippen molar-refractivity contribution >= 4 is 0 Å². The number of rotatable bonds is 3. The van der Waals surface area contributed by atoms with Crippen LogP contribution >= 0.6 is 0 Å². The molecule has 0 aromatic heterocycles. The summed E-state index contributed by atoms with van der Waals surface area (Å²) in [6, 6.07) is 10.7. The van der Waals surface area contributed by atoms with Gasteiger partial charge in [0.15, 0.2) is 0 Å². The van der Waals surface area contributed by atoms with Gasteiger partial charge in [-0.1, -0.05) is 18.2 Å². The molecule has 0 saturated heterocycles. The van der Waals surface area contributed by atoms with Crippen molar-refractivity contribution in [2.75, 3.05) is 0 Å². The molecule has 0 bridgehead atoms. The number of benzene rings is 2. The zero-order valence-corrected chi connectivity index (χ0v) is 9.41. The molecule has 0 N–H and O–H groups in total. The lowest BCUT2D eigenvalue weighted by Gasteiger charge is -2.07. The highest BCUT2D eigenvalue weighted by Gasteiger charge is 2.01. The average Bonchev–Trinajstić information content (AvgIpc) is 2.33. The van der Waals surface area contributed by atoms with Crippen LogP contribution in [-0.4, -0.2) is 0 Å². The Balaban J connectivity index is 2.02. The normalized spacial score (nSPS) is 10.3. The quantitative estimate of drug-likeness (QED) is 0.783. The number of hydrogen-bond donors (Lipinski definition) is 0. The molecule has 0 spiro atoms. The van der Waals surface area contributed by atoms with E-state index in [1.807, 2.05) is 0 Å². The summed E-state index contributed by atoms with van der Waals surface area (Å²) in [4.78, 5) is 0. The van der Waals surface area contributed by atoms with Crippen LogP contribution < -0.4 is 4.74 Å². The molecule has 88 valence electrons. The van der Waals surface area contributed by atoms with Gasteiger partial charge in [-0.15, -0.1) is 0 Å². The topological polar surface area (TPSA) is 9.23 Å². The Kier molecular flexibility index (Phi) is 3.38. The first-order valence-electron chi connectivity index (χ1n) is 5.28. The fraction of sp³-hybridized carbons (Fsp3) is 0.143. The van der Waals surface area contributed by atoms with Crippen LogP contribution in [-0.2, 0) is 6.61 Å². The minimum absolute atomic E-state index is 0.282. The number of ether oxygens (including phenoxy) is 1. The molecule has 0 unspecified atom stereocenters. The predicted octanol–water partition coefficient (Wildman–Crippen LogP) is 3.85. The third-order valence-electron chi connectivity index (χ3n) is 2.46. The summed E-state index contributed by atoms with van der Waals surface area (Å²) >= 11 is 0. The third kappa shape index (κ3) is 3.03. The van der Waals surface area contributed by atoms with Crippen molar-refractivity contribution in [3.8, 4) is 5.75 Å². The minimum atomic E-state index is -0.290. The second-order valence-corrected chi connectivity index (χ2v) is 3.83. The van der Waals surface area contributed by atoms with Gasteiger partial charge in [-0.3, -0.25) is 0 Å². The molecular weight excluding hydrogens is 222 g/mol. The van der Waals surface area contributed by atoms with E-state index >= 15 is 0 Å². The van der Waals surface area contributed by atoms with Crippen LogP contribution in [0.25, 0.3) is 0 Å². The summed E-state index contributed by atoms with van der Waals surface area (Å²) in [5.41, 5.74) is 1.42. The molecule has 0 aliphatic rings. The second-order valence-electron chi connectivity index (χ2n) is 3.83. The Morgan fingerprint density at radius 2 is 1.71 bits per heavy atom. The summed E-state index contributed by atoms with van der Waals surface area (Å²) in [5, 5.41) is 0. The molecule has 3 heteroatoms. The Morgan fingerprint density at radius 1 is 1.00 bits per heavy atom. The lowest BCUT2D eigenvalue weighted by molar-refractivity contribution is 0.304. The highest BCUT2D eigenvalue weighted by atomic mass is 19.1. The Morgan fingerprint density at radius 3 is 2.35 bits per heavy atom. The molecule has 0 fully saturated rings. The summed E-state index contributed by atoms with van der Waals surface area (Å²) in [6.45, 7) is 1.99. The first-order valence-corrected chi connectivity index (χ1v) is 5.28. The van der Waals surface area contributed by atoms with E-state index in [0.29, 0.717) is 17.9 Å². The molecule has 0 radical (unpaired) electrons. The van der Waals surface area contributed by atoms with E-state index in [1.54, 1.807) is 31.2 Å². The van der Waals surface area contributed by atoms with Crippen LogP contribution in [0.1, 0.15) is 11.1 Å². The van der Waals surface area contributed by atoms with Crippen molar-refractivity contribution in [1.29, 1.82) is 0 Å². The molecule has 0 saturated carbocycles. The smallest absolute Gasteiger partial charge is 0.129 e. The van der Waals surface area contributed by atoms with Gasteiger partial charge in [0, 0.05) is 6.07 Å². The van der Waals surface area contributed by atoms with Crippen molar-refractivity contribution in [1.82, 2.24) is 0 Å². The molecule has 2 aromatic carbocycles. The fourth-order valence-corrected chi connectivity index (χ4v) is 1.41. The molecule has 0 amide bonds. The first kappa shape index (κ1) is 11.6. The summed E-state index contributed by atoms with van der Waals surface area (Å²) < 4.78 is 31.3. The number of halogens is 2. The first-order chi connectivity index (χ1) is 8.15. The molecule has 2 rings (SSSR count). The minimum Gasteiger partial charge on any atom is -0.489 e. The van der Waals surface area contributed by atoms with E-state index in [0.717, 1.165) is 5.56 Å². The molecule has 1 nitrogen and oxygen atoms in total. The lowest BCUT2D eigenvalue weighted by atomic mass is 10.2. The maximum Gasteiger partial charge on any atom is 0.129 e. The van der Waals surface area contributed by atoms with Gasteiger partial charge in [0.1, 0.15) is 24.0 Å². The molecular formula is C14H12F2O. The largest absolute Gasteiger partial charge is 0.489 e. The number of aryl methyl sites for hydroxylation is 1. The van der Waals surface area contributed by atoms with E-state index in [1.165, 1.54) is 18.2 Å². The second kappa shape index (κ2) is 4.95. The van der Waals surface area contributed by atoms with Crippen molar-refractivity contribution < 1.29 is 13.5 Å². The molecule has 0 aliphatic heterocycles. The Hall–Kier alpha value is -1.90. The zero-order valence-electron chi connectivity index (χ0n) is 9.41. The van der Waals surface area contributed by atoms with Crippen LogP contribution in [0.3, 0.4) is 0 Å². The van der Waals surface area contributed by atoms with Crippen LogP contribution in [0.2, 0.25) is 0 Å². The molecule has 2 aromatic rings. The zero-order chi connectivity index (χ0) is 12.3. The van der Waals surface area contributed by atoms with E-state index < -0.39 is 0 Å². The maximum absolute atomic E-state index is 13.2. The van der Waals surface area contributed by atoms with Gasteiger partial charge in [-0.2, -0.15) is 0 Å². The van der Waals surface area contributed by atoms with Crippen LogP contribution in [0, 0.1) is 18.6 Å². The van der Waals surface area contributed by atoms with Gasteiger partial charge < -0.3 is 4.74 Å². The fourth-order valence-electron chi connectivity index (χ4n) is 1.41. The SMILES string of the molecule is Cc1ccc(OCc2ccc(F)cc2)cc1F. The van der Waals surface area contributed by atoms with Crippen molar-refractivity contribution in [2.24, 2.45) is 0 Å². The molecule has 0 heterocycles. The van der Waals surface area contributed by atoms with E-state index in [2.05, 4.69) is 0 Å². The Bertz CT molecular complexity index is 506. The monoisotopic (exact) mass is 234 g/mol. The highest BCUT2D eigenvalue weighted by molar-refractivity contribution is 5.28. The summed E-state index contributed by atoms with van der Waals surface area (Å²) in [7, 11) is 0. The lowest BCUT2D eigenvalue weighted by Crippen LogP contribution is -1.96. The van der Waals surface area contributed by atoms with Crippen LogP contribution in [0.4, 0.5) is 8.78 Å². The van der Waals surface area contributed by atoms with Crippen molar-refractivity contribution in [2.45, 2.75) is 13.5 Å². The van der Waals surface area contributed by atoms with Gasteiger partial charge in [0.25, 0.3) is 0 Å². The average molecular weight is 234 g/mol. The van der Waals surface area contributed by atoms with Gasteiger partial charge in [0.05, 0.1) is 0 Å². The van der Waals surface area contributed by atoms with Crippen molar-refractivity contribution in [3.05, 3.63) is 65.2 Å². The van der Waals surface area contributed by atoms with Crippen molar-refractivity contribution in [3.63, 3.8) is 0 Å².